The topological polar surface area (TPSA) is 51.0 Å². The fraction of sp³-hybridized carbons (Fsp3) is 0.800. The molecule has 1 aromatic heterocycles. The molecular formula is C10H15N3O. The van der Waals surface area contributed by atoms with E-state index in [2.05, 4.69) is 29.3 Å². The van der Waals surface area contributed by atoms with E-state index in [9.17, 15) is 0 Å². The largest absolute Gasteiger partial charge is 0.338 e. The van der Waals surface area contributed by atoms with Crippen LogP contribution in [0.1, 0.15) is 50.4 Å². The number of rotatable bonds is 2. The monoisotopic (exact) mass is 193 g/mol. The van der Waals surface area contributed by atoms with Crippen LogP contribution in [0, 0.1) is 5.41 Å². The molecule has 2 aliphatic rings. The third kappa shape index (κ3) is 1.17. The second-order valence-electron chi connectivity index (χ2n) is 5.03. The molecule has 1 saturated carbocycles. The Morgan fingerprint density at radius 2 is 2.21 bits per heavy atom. The van der Waals surface area contributed by atoms with Crippen LogP contribution in [0.2, 0.25) is 0 Å². The van der Waals surface area contributed by atoms with Crippen molar-refractivity contribution in [3.8, 4) is 0 Å². The molecule has 2 heterocycles. The summed E-state index contributed by atoms with van der Waals surface area (Å²) in [5, 5.41) is 7.31. The zero-order valence-corrected chi connectivity index (χ0v) is 8.58. The average Bonchev–Trinajstić information content (AvgIpc) is 2.49. The van der Waals surface area contributed by atoms with Gasteiger partial charge >= 0.3 is 0 Å². The van der Waals surface area contributed by atoms with Crippen LogP contribution >= 0.6 is 0 Å². The summed E-state index contributed by atoms with van der Waals surface area (Å²) in [4.78, 5) is 4.45. The van der Waals surface area contributed by atoms with Crippen molar-refractivity contribution in [1.82, 2.24) is 15.5 Å². The molecule has 0 radical (unpaired) electrons. The van der Waals surface area contributed by atoms with Gasteiger partial charge in [0.2, 0.25) is 5.89 Å². The lowest BCUT2D eigenvalue weighted by molar-refractivity contribution is 0.272. The summed E-state index contributed by atoms with van der Waals surface area (Å²) in [7, 11) is 0. The number of aromatic nitrogens is 2. The number of nitrogens with zero attached hydrogens (tertiary/aromatic N) is 2. The van der Waals surface area contributed by atoms with E-state index < -0.39 is 0 Å². The van der Waals surface area contributed by atoms with Crippen LogP contribution in [0.4, 0.5) is 0 Å². The van der Waals surface area contributed by atoms with E-state index in [0.29, 0.717) is 17.4 Å². The lowest BCUT2D eigenvalue weighted by Crippen LogP contribution is -2.35. The summed E-state index contributed by atoms with van der Waals surface area (Å²) >= 11 is 0. The van der Waals surface area contributed by atoms with Gasteiger partial charge in [-0.05, 0) is 24.8 Å². The van der Waals surface area contributed by atoms with E-state index >= 15 is 0 Å². The molecule has 76 valence electrons. The summed E-state index contributed by atoms with van der Waals surface area (Å²) in [5.74, 6) is 2.19. The van der Waals surface area contributed by atoms with Crippen molar-refractivity contribution in [2.45, 2.75) is 38.6 Å². The van der Waals surface area contributed by atoms with Gasteiger partial charge in [0.15, 0.2) is 5.82 Å². The molecule has 3 rings (SSSR count). The van der Waals surface area contributed by atoms with Gasteiger partial charge in [0, 0.05) is 5.92 Å². The molecule has 1 saturated heterocycles. The molecule has 1 N–H and O–H groups in total. The van der Waals surface area contributed by atoms with Crippen LogP contribution in [0.3, 0.4) is 0 Å². The highest BCUT2D eigenvalue weighted by Crippen LogP contribution is 2.57. The maximum atomic E-state index is 5.24. The third-order valence-corrected chi connectivity index (χ3v) is 3.40. The predicted octanol–water partition coefficient (Wildman–Crippen LogP) is 1.62. The molecule has 0 aromatic carbocycles. The quantitative estimate of drug-likeness (QED) is 0.775. The Bertz CT molecular complexity index is 354. The first-order chi connectivity index (χ1) is 6.67. The Labute approximate surface area is 83.1 Å². The van der Waals surface area contributed by atoms with Gasteiger partial charge in [-0.1, -0.05) is 19.0 Å². The van der Waals surface area contributed by atoms with Gasteiger partial charge < -0.3 is 9.84 Å². The lowest BCUT2D eigenvalue weighted by Gasteiger charge is -2.23. The number of hydrogen-bond acceptors (Lipinski definition) is 4. The maximum absolute atomic E-state index is 5.24. The minimum Gasteiger partial charge on any atom is -0.338 e. The van der Waals surface area contributed by atoms with E-state index in [1.807, 2.05) is 0 Å². The van der Waals surface area contributed by atoms with Crippen LogP contribution in [0.5, 0.6) is 0 Å². The smallest absolute Gasteiger partial charge is 0.243 e. The molecular weight excluding hydrogens is 178 g/mol. The Balaban J connectivity index is 1.77. The molecule has 4 nitrogen and oxygen atoms in total. The molecule has 0 amide bonds. The second-order valence-corrected chi connectivity index (χ2v) is 5.03. The van der Waals surface area contributed by atoms with E-state index in [1.54, 1.807) is 0 Å². The standard InChI is InChI=1S/C10H15N3O/c1-10(2)5-6(10)8-12-9(14-13-8)7-3-4-11-7/h6-7,11H,3-5H2,1-2H3. The fourth-order valence-corrected chi connectivity index (χ4v) is 1.94. The Morgan fingerprint density at radius 1 is 1.50 bits per heavy atom. The van der Waals surface area contributed by atoms with E-state index in [-0.39, 0.29) is 0 Å². The molecule has 0 spiro atoms. The maximum Gasteiger partial charge on any atom is 0.243 e. The van der Waals surface area contributed by atoms with Crippen molar-refractivity contribution in [3.63, 3.8) is 0 Å². The Kier molecular flexibility index (Phi) is 1.54. The van der Waals surface area contributed by atoms with E-state index in [0.717, 1.165) is 24.7 Å². The second kappa shape index (κ2) is 2.57. The molecule has 2 unspecified atom stereocenters. The highest BCUT2D eigenvalue weighted by Gasteiger charge is 2.49. The van der Waals surface area contributed by atoms with Gasteiger partial charge in [-0.25, -0.2) is 0 Å². The van der Waals surface area contributed by atoms with Gasteiger partial charge in [-0.15, -0.1) is 0 Å². The number of hydrogen-bond donors (Lipinski definition) is 1. The van der Waals surface area contributed by atoms with Gasteiger partial charge in [-0.2, -0.15) is 4.98 Å². The highest BCUT2D eigenvalue weighted by molar-refractivity contribution is 5.15. The molecule has 1 aromatic rings. The fourth-order valence-electron chi connectivity index (χ4n) is 1.94. The van der Waals surface area contributed by atoms with Crippen molar-refractivity contribution in [1.29, 1.82) is 0 Å². The zero-order chi connectivity index (χ0) is 9.76. The summed E-state index contributed by atoms with van der Waals surface area (Å²) < 4.78 is 5.24. The minimum absolute atomic E-state index is 0.318. The summed E-state index contributed by atoms with van der Waals surface area (Å²) in [5.41, 5.74) is 0.383. The summed E-state index contributed by atoms with van der Waals surface area (Å²) in [6, 6.07) is 0.318. The van der Waals surface area contributed by atoms with Crippen LogP contribution < -0.4 is 5.32 Å². The van der Waals surface area contributed by atoms with Crippen molar-refractivity contribution < 1.29 is 4.52 Å². The molecule has 1 aliphatic heterocycles. The normalized spacial score (nSPS) is 33.9. The summed E-state index contributed by atoms with van der Waals surface area (Å²) in [6.07, 6.45) is 2.31. The highest BCUT2D eigenvalue weighted by atomic mass is 16.5. The third-order valence-electron chi connectivity index (χ3n) is 3.40. The molecule has 2 atom stereocenters. The average molecular weight is 193 g/mol. The first-order valence-corrected chi connectivity index (χ1v) is 5.24. The SMILES string of the molecule is CC1(C)CC1c1noc(C2CCN2)n1. The van der Waals surface area contributed by atoms with E-state index in [4.69, 9.17) is 4.52 Å². The molecule has 14 heavy (non-hydrogen) atoms. The zero-order valence-electron chi connectivity index (χ0n) is 8.58. The predicted molar refractivity (Wildman–Crippen MR) is 50.8 cm³/mol. The van der Waals surface area contributed by atoms with Gasteiger partial charge in [-0.3, -0.25) is 0 Å². The van der Waals surface area contributed by atoms with Crippen molar-refractivity contribution in [2.24, 2.45) is 5.41 Å². The van der Waals surface area contributed by atoms with Crippen molar-refractivity contribution >= 4 is 0 Å². The van der Waals surface area contributed by atoms with Crippen LogP contribution in [-0.2, 0) is 0 Å². The first-order valence-electron chi connectivity index (χ1n) is 5.24. The molecule has 0 bridgehead atoms. The Hall–Kier alpha value is -0.900. The summed E-state index contributed by atoms with van der Waals surface area (Å²) in [6.45, 7) is 5.56. The van der Waals surface area contributed by atoms with Crippen LogP contribution in [0.15, 0.2) is 4.52 Å². The minimum atomic E-state index is 0.318. The van der Waals surface area contributed by atoms with Gasteiger partial charge in [0.05, 0.1) is 6.04 Å². The first kappa shape index (κ1) is 8.41. The van der Waals surface area contributed by atoms with Gasteiger partial charge in [0.25, 0.3) is 0 Å². The van der Waals surface area contributed by atoms with E-state index in [1.165, 1.54) is 6.42 Å². The molecule has 4 heteroatoms. The molecule has 1 aliphatic carbocycles. The lowest BCUT2D eigenvalue weighted by atomic mass is 10.1. The molecule has 2 fully saturated rings. The van der Waals surface area contributed by atoms with Crippen molar-refractivity contribution in [3.05, 3.63) is 11.7 Å². The van der Waals surface area contributed by atoms with Crippen LogP contribution in [-0.4, -0.2) is 16.7 Å². The van der Waals surface area contributed by atoms with Gasteiger partial charge in [0.1, 0.15) is 0 Å². The number of nitrogens with one attached hydrogen (secondary N) is 1. The van der Waals surface area contributed by atoms with Crippen molar-refractivity contribution in [2.75, 3.05) is 6.54 Å². The Morgan fingerprint density at radius 3 is 2.71 bits per heavy atom. The van der Waals surface area contributed by atoms with Crippen LogP contribution in [0.25, 0.3) is 0 Å².